The van der Waals surface area contributed by atoms with Crippen LogP contribution in [0, 0.1) is 27.7 Å². The zero-order valence-electron chi connectivity index (χ0n) is 14.2. The molecular formula is C19H18N4O. The van der Waals surface area contributed by atoms with Gasteiger partial charge in [-0.05, 0) is 44.0 Å². The summed E-state index contributed by atoms with van der Waals surface area (Å²) in [6.07, 6.45) is 1.76. The molecule has 2 aromatic carbocycles. The van der Waals surface area contributed by atoms with E-state index in [4.69, 9.17) is 4.42 Å². The minimum Gasteiger partial charge on any atom is -0.441 e. The summed E-state index contributed by atoms with van der Waals surface area (Å²) >= 11 is 0. The first-order chi connectivity index (χ1) is 11.5. The molecule has 0 N–H and O–H groups in total. The highest BCUT2D eigenvalue weighted by Crippen LogP contribution is 2.30. The Morgan fingerprint density at radius 3 is 2.50 bits per heavy atom. The number of fused-ring (bicyclic) bond motifs is 1. The van der Waals surface area contributed by atoms with E-state index in [1.807, 2.05) is 29.7 Å². The molecule has 5 nitrogen and oxygen atoms in total. The van der Waals surface area contributed by atoms with Crippen LogP contribution >= 0.6 is 0 Å². The number of hydrogen-bond donors (Lipinski definition) is 0. The molecule has 0 spiro atoms. The lowest BCUT2D eigenvalue weighted by atomic mass is 10.0. The van der Waals surface area contributed by atoms with E-state index in [0.717, 1.165) is 28.2 Å². The molecule has 2 aromatic heterocycles. The van der Waals surface area contributed by atoms with Gasteiger partial charge in [-0.3, -0.25) is 4.57 Å². The molecule has 0 amide bonds. The highest BCUT2D eigenvalue weighted by molar-refractivity contribution is 5.89. The molecule has 0 saturated heterocycles. The average molecular weight is 318 g/mol. The summed E-state index contributed by atoms with van der Waals surface area (Å²) in [5, 5.41) is 8.51. The number of hydrogen-bond acceptors (Lipinski definition) is 4. The molecule has 0 saturated carbocycles. The molecule has 24 heavy (non-hydrogen) atoms. The largest absolute Gasteiger partial charge is 0.441 e. The molecule has 2 heterocycles. The van der Waals surface area contributed by atoms with Gasteiger partial charge in [0, 0.05) is 12.5 Å². The predicted molar refractivity (Wildman–Crippen MR) is 93.3 cm³/mol. The third-order valence-electron chi connectivity index (χ3n) is 4.19. The van der Waals surface area contributed by atoms with E-state index < -0.39 is 0 Å². The minimum absolute atomic E-state index is 0.645. The van der Waals surface area contributed by atoms with Crippen LogP contribution in [-0.4, -0.2) is 19.7 Å². The fraction of sp³-hybridized carbons (Fsp3) is 0.211. The van der Waals surface area contributed by atoms with Crippen molar-refractivity contribution in [1.29, 1.82) is 0 Å². The first-order valence-corrected chi connectivity index (χ1v) is 7.89. The van der Waals surface area contributed by atoms with E-state index in [0.29, 0.717) is 5.89 Å². The fourth-order valence-corrected chi connectivity index (χ4v) is 3.37. The van der Waals surface area contributed by atoms with Crippen LogP contribution in [0.3, 0.4) is 0 Å². The second-order valence-electron chi connectivity index (χ2n) is 6.16. The summed E-state index contributed by atoms with van der Waals surface area (Å²) in [6, 6.07) is 10.2. The topological polar surface area (TPSA) is 56.7 Å². The molecular weight excluding hydrogens is 300 g/mol. The summed E-state index contributed by atoms with van der Waals surface area (Å²) < 4.78 is 7.68. The van der Waals surface area contributed by atoms with Gasteiger partial charge in [0.1, 0.15) is 11.8 Å². The highest BCUT2D eigenvalue weighted by Gasteiger charge is 2.17. The van der Waals surface area contributed by atoms with Crippen LogP contribution in [0.15, 0.2) is 41.1 Å². The summed E-state index contributed by atoms with van der Waals surface area (Å²) in [5.74, 6) is 1.41. The van der Waals surface area contributed by atoms with Crippen molar-refractivity contribution in [2.24, 2.45) is 0 Å². The molecule has 0 atom stereocenters. The van der Waals surface area contributed by atoms with Crippen LogP contribution in [0.2, 0.25) is 0 Å². The van der Waals surface area contributed by atoms with E-state index in [-0.39, 0.29) is 0 Å². The normalized spacial score (nSPS) is 11.3. The van der Waals surface area contributed by atoms with Crippen molar-refractivity contribution >= 4 is 11.1 Å². The fourth-order valence-electron chi connectivity index (χ4n) is 3.37. The van der Waals surface area contributed by atoms with Crippen LogP contribution < -0.4 is 0 Å². The van der Waals surface area contributed by atoms with Gasteiger partial charge in [0.05, 0.1) is 5.69 Å². The maximum atomic E-state index is 5.65. The molecule has 0 radical (unpaired) electrons. The molecule has 120 valence electrons. The number of nitrogens with zero attached hydrogens (tertiary/aromatic N) is 4. The lowest BCUT2D eigenvalue weighted by Gasteiger charge is -2.14. The third-order valence-corrected chi connectivity index (χ3v) is 4.19. The SMILES string of the molecule is Cc1cc(C)c(-n2cnnc2-c2cccc3oc(C)nc23)c(C)c1. The van der Waals surface area contributed by atoms with Crippen LogP contribution in [0.4, 0.5) is 0 Å². The second-order valence-corrected chi connectivity index (χ2v) is 6.16. The van der Waals surface area contributed by atoms with E-state index in [2.05, 4.69) is 48.1 Å². The molecule has 0 aliphatic heterocycles. The maximum Gasteiger partial charge on any atom is 0.192 e. The van der Waals surface area contributed by atoms with Crippen molar-refractivity contribution in [2.45, 2.75) is 27.7 Å². The Bertz CT molecular complexity index is 1040. The monoisotopic (exact) mass is 318 g/mol. The number of benzene rings is 2. The molecule has 0 aliphatic rings. The van der Waals surface area contributed by atoms with Gasteiger partial charge in [0.2, 0.25) is 0 Å². The molecule has 0 aliphatic carbocycles. The van der Waals surface area contributed by atoms with Crippen molar-refractivity contribution in [2.75, 3.05) is 0 Å². The zero-order chi connectivity index (χ0) is 16.8. The number of oxazole rings is 1. The maximum absolute atomic E-state index is 5.65. The standard InChI is InChI=1S/C19H18N4O/c1-11-8-12(2)18(13(3)9-11)23-10-20-22-19(23)15-6-5-7-16-17(15)21-14(4)24-16/h5-10H,1-4H3. The number of para-hydroxylation sites is 1. The van der Waals surface area contributed by atoms with Crippen molar-refractivity contribution in [3.63, 3.8) is 0 Å². The summed E-state index contributed by atoms with van der Waals surface area (Å²) in [7, 11) is 0. The van der Waals surface area contributed by atoms with Gasteiger partial charge in [0.15, 0.2) is 17.3 Å². The first-order valence-electron chi connectivity index (χ1n) is 7.89. The Balaban J connectivity index is 1.99. The van der Waals surface area contributed by atoms with E-state index in [1.165, 1.54) is 16.7 Å². The lowest BCUT2D eigenvalue weighted by molar-refractivity contribution is 0.561. The zero-order valence-corrected chi connectivity index (χ0v) is 14.2. The van der Waals surface area contributed by atoms with Gasteiger partial charge in [0.25, 0.3) is 0 Å². The second kappa shape index (κ2) is 5.30. The molecule has 0 fully saturated rings. The third kappa shape index (κ3) is 2.21. The minimum atomic E-state index is 0.645. The van der Waals surface area contributed by atoms with Crippen molar-refractivity contribution < 1.29 is 4.42 Å². The summed E-state index contributed by atoms with van der Waals surface area (Å²) in [5.41, 5.74) is 7.23. The van der Waals surface area contributed by atoms with Crippen LogP contribution in [0.5, 0.6) is 0 Å². The van der Waals surface area contributed by atoms with Gasteiger partial charge in [-0.2, -0.15) is 0 Å². The molecule has 4 rings (SSSR count). The first kappa shape index (κ1) is 14.6. The molecule has 5 heteroatoms. The van der Waals surface area contributed by atoms with Gasteiger partial charge in [-0.1, -0.05) is 23.8 Å². The number of aryl methyl sites for hydroxylation is 4. The van der Waals surface area contributed by atoms with E-state index in [1.54, 1.807) is 6.33 Å². The molecule has 0 bridgehead atoms. The van der Waals surface area contributed by atoms with Crippen LogP contribution in [0.1, 0.15) is 22.6 Å². The van der Waals surface area contributed by atoms with Crippen LogP contribution in [0.25, 0.3) is 28.2 Å². The van der Waals surface area contributed by atoms with Gasteiger partial charge in [-0.15, -0.1) is 10.2 Å². The number of rotatable bonds is 2. The highest BCUT2D eigenvalue weighted by atomic mass is 16.3. The van der Waals surface area contributed by atoms with Gasteiger partial charge >= 0.3 is 0 Å². The molecule has 4 aromatic rings. The van der Waals surface area contributed by atoms with Crippen LogP contribution in [-0.2, 0) is 0 Å². The average Bonchev–Trinajstić information content (AvgIpc) is 3.11. The summed E-state index contributed by atoms with van der Waals surface area (Å²) in [4.78, 5) is 4.52. The number of aromatic nitrogens is 4. The van der Waals surface area contributed by atoms with E-state index >= 15 is 0 Å². The van der Waals surface area contributed by atoms with Gasteiger partial charge < -0.3 is 4.42 Å². The quantitative estimate of drug-likeness (QED) is 0.552. The molecule has 0 unspecified atom stereocenters. The van der Waals surface area contributed by atoms with Crippen molar-refractivity contribution in [3.8, 4) is 17.1 Å². The van der Waals surface area contributed by atoms with E-state index in [9.17, 15) is 0 Å². The van der Waals surface area contributed by atoms with Gasteiger partial charge in [-0.25, -0.2) is 4.98 Å². The summed E-state index contributed by atoms with van der Waals surface area (Å²) in [6.45, 7) is 8.18. The Labute approximate surface area is 140 Å². The lowest BCUT2D eigenvalue weighted by Crippen LogP contribution is -2.02. The predicted octanol–water partition coefficient (Wildman–Crippen LogP) is 4.31. The smallest absolute Gasteiger partial charge is 0.192 e. The van der Waals surface area contributed by atoms with Crippen molar-refractivity contribution in [3.05, 3.63) is 59.2 Å². The Morgan fingerprint density at radius 1 is 1.00 bits per heavy atom. The Hall–Kier alpha value is -2.95. The Kier molecular flexibility index (Phi) is 3.23. The van der Waals surface area contributed by atoms with Crippen molar-refractivity contribution in [1.82, 2.24) is 19.7 Å². The Morgan fingerprint density at radius 2 is 1.75 bits per heavy atom.